The Hall–Kier alpha value is -1.31. The Balaban J connectivity index is 1.85. The highest BCUT2D eigenvalue weighted by molar-refractivity contribution is 7.89. The molecular weight excluding hydrogens is 338 g/mol. The van der Waals surface area contributed by atoms with Gasteiger partial charge >= 0.3 is 0 Å². The van der Waals surface area contributed by atoms with Crippen LogP contribution in [0.15, 0.2) is 23.1 Å². The van der Waals surface area contributed by atoms with E-state index in [1.54, 1.807) is 25.3 Å². The molecular formula is C18H29N3O3S. The molecule has 2 N–H and O–H groups in total. The molecule has 1 aromatic carbocycles. The second-order valence-electron chi connectivity index (χ2n) is 7.06. The molecule has 1 aliphatic heterocycles. The second-order valence-corrected chi connectivity index (χ2v) is 8.77. The molecule has 2 atom stereocenters. The Morgan fingerprint density at radius 1 is 1.20 bits per heavy atom. The van der Waals surface area contributed by atoms with E-state index < -0.39 is 10.0 Å². The van der Waals surface area contributed by atoms with Crippen molar-refractivity contribution in [3.05, 3.63) is 18.2 Å². The smallest absolute Gasteiger partial charge is 0.240 e. The van der Waals surface area contributed by atoms with Crippen LogP contribution in [-0.2, 0) is 10.0 Å². The lowest BCUT2D eigenvalue weighted by Crippen LogP contribution is -2.44. The van der Waals surface area contributed by atoms with Gasteiger partial charge in [-0.05, 0) is 37.0 Å². The van der Waals surface area contributed by atoms with Crippen LogP contribution in [0.25, 0.3) is 0 Å². The fourth-order valence-electron chi connectivity index (χ4n) is 3.75. The zero-order valence-electron chi connectivity index (χ0n) is 15.1. The zero-order valence-corrected chi connectivity index (χ0v) is 15.9. The Kier molecular flexibility index (Phi) is 5.86. The molecule has 6 nitrogen and oxygen atoms in total. The molecule has 1 saturated heterocycles. The van der Waals surface area contributed by atoms with Crippen molar-refractivity contribution < 1.29 is 13.2 Å². The molecule has 0 spiro atoms. The van der Waals surface area contributed by atoms with Gasteiger partial charge in [0, 0.05) is 32.2 Å². The van der Waals surface area contributed by atoms with Crippen molar-refractivity contribution in [1.82, 2.24) is 10.0 Å². The average molecular weight is 368 g/mol. The van der Waals surface area contributed by atoms with Crippen LogP contribution >= 0.6 is 0 Å². The maximum absolute atomic E-state index is 12.9. The van der Waals surface area contributed by atoms with Crippen molar-refractivity contribution in [3.8, 4) is 5.75 Å². The Bertz CT molecular complexity index is 687. The largest absolute Gasteiger partial charge is 0.495 e. The molecule has 2 aliphatic rings. The molecule has 25 heavy (non-hydrogen) atoms. The van der Waals surface area contributed by atoms with E-state index in [2.05, 4.69) is 21.9 Å². The highest BCUT2D eigenvalue weighted by Gasteiger charge is 2.28. The summed E-state index contributed by atoms with van der Waals surface area (Å²) in [4.78, 5) is 2.50. The Morgan fingerprint density at radius 2 is 1.92 bits per heavy atom. The quantitative estimate of drug-likeness (QED) is 0.833. The summed E-state index contributed by atoms with van der Waals surface area (Å²) in [5.41, 5.74) is 0.851. The number of benzene rings is 1. The van der Waals surface area contributed by atoms with Crippen LogP contribution in [0.5, 0.6) is 5.75 Å². The molecule has 140 valence electrons. The van der Waals surface area contributed by atoms with E-state index in [0.717, 1.165) is 51.1 Å². The number of methoxy groups -OCH3 is 1. The third-order valence-electron chi connectivity index (χ3n) is 5.34. The third kappa shape index (κ3) is 4.27. The molecule has 1 aliphatic carbocycles. The Morgan fingerprint density at radius 3 is 2.60 bits per heavy atom. The monoisotopic (exact) mass is 367 g/mol. The van der Waals surface area contributed by atoms with Crippen molar-refractivity contribution >= 4 is 15.7 Å². The molecule has 1 aromatic rings. The van der Waals surface area contributed by atoms with Crippen LogP contribution in [0.3, 0.4) is 0 Å². The summed E-state index contributed by atoms with van der Waals surface area (Å²) < 4.78 is 34.2. The second kappa shape index (κ2) is 7.93. The number of nitrogens with zero attached hydrogens (tertiary/aromatic N) is 1. The number of nitrogens with one attached hydrogen (secondary N) is 2. The first kappa shape index (κ1) is 18.5. The first-order chi connectivity index (χ1) is 12.0. The first-order valence-corrected chi connectivity index (χ1v) is 10.7. The molecule has 2 fully saturated rings. The number of piperazine rings is 1. The lowest BCUT2D eigenvalue weighted by atomic mass is 9.87. The summed E-state index contributed by atoms with van der Waals surface area (Å²) >= 11 is 0. The molecule has 1 saturated carbocycles. The summed E-state index contributed by atoms with van der Waals surface area (Å²) in [5, 5.41) is 3.31. The summed E-state index contributed by atoms with van der Waals surface area (Å²) in [7, 11) is -1.90. The van der Waals surface area contributed by atoms with Gasteiger partial charge in [-0.25, -0.2) is 13.1 Å². The van der Waals surface area contributed by atoms with E-state index in [4.69, 9.17) is 4.74 Å². The van der Waals surface area contributed by atoms with E-state index in [0.29, 0.717) is 16.6 Å². The minimum absolute atomic E-state index is 0.0310. The van der Waals surface area contributed by atoms with Gasteiger partial charge in [0.15, 0.2) is 0 Å². The molecule has 3 rings (SSSR count). The van der Waals surface area contributed by atoms with Gasteiger partial charge < -0.3 is 15.0 Å². The van der Waals surface area contributed by atoms with Gasteiger partial charge in [-0.1, -0.05) is 19.8 Å². The maximum atomic E-state index is 12.9. The molecule has 2 unspecified atom stereocenters. The van der Waals surface area contributed by atoms with Gasteiger partial charge in [-0.15, -0.1) is 0 Å². The zero-order chi connectivity index (χ0) is 17.9. The van der Waals surface area contributed by atoms with Gasteiger partial charge in [0.05, 0.1) is 17.7 Å². The topological polar surface area (TPSA) is 70.7 Å². The number of rotatable bonds is 5. The van der Waals surface area contributed by atoms with Gasteiger partial charge in [0.1, 0.15) is 5.75 Å². The van der Waals surface area contributed by atoms with Crippen molar-refractivity contribution in [2.24, 2.45) is 5.92 Å². The summed E-state index contributed by atoms with van der Waals surface area (Å²) in [6.07, 6.45) is 4.28. The lowest BCUT2D eigenvalue weighted by Gasteiger charge is -2.31. The first-order valence-electron chi connectivity index (χ1n) is 9.17. The molecule has 0 bridgehead atoms. The molecule has 7 heteroatoms. The molecule has 0 amide bonds. The van der Waals surface area contributed by atoms with Crippen LogP contribution in [0.4, 0.5) is 5.69 Å². The van der Waals surface area contributed by atoms with Gasteiger partial charge in [0.25, 0.3) is 0 Å². The van der Waals surface area contributed by atoms with E-state index >= 15 is 0 Å². The number of hydrogen-bond donors (Lipinski definition) is 2. The number of hydrogen-bond acceptors (Lipinski definition) is 5. The fourth-order valence-corrected chi connectivity index (χ4v) is 5.15. The van der Waals surface area contributed by atoms with Crippen LogP contribution < -0.4 is 19.7 Å². The van der Waals surface area contributed by atoms with Crippen LogP contribution in [-0.4, -0.2) is 47.7 Å². The van der Waals surface area contributed by atoms with Crippen LogP contribution in [0.2, 0.25) is 0 Å². The minimum atomic E-state index is -3.53. The third-order valence-corrected chi connectivity index (χ3v) is 6.82. The highest BCUT2D eigenvalue weighted by atomic mass is 32.2. The van der Waals surface area contributed by atoms with Crippen LogP contribution in [0.1, 0.15) is 32.6 Å². The normalized spacial score (nSPS) is 25.0. The van der Waals surface area contributed by atoms with Crippen LogP contribution in [0, 0.1) is 5.92 Å². The fraction of sp³-hybridized carbons (Fsp3) is 0.667. The number of sulfonamides is 1. The van der Waals surface area contributed by atoms with E-state index in [1.807, 2.05) is 0 Å². The predicted molar refractivity (Wildman–Crippen MR) is 99.8 cm³/mol. The molecule has 0 radical (unpaired) electrons. The van der Waals surface area contributed by atoms with Gasteiger partial charge in [-0.3, -0.25) is 0 Å². The maximum Gasteiger partial charge on any atom is 0.240 e. The SMILES string of the molecule is COc1ccc(S(=O)(=O)NC2CCCCC2C)cc1N1CCNCC1. The predicted octanol–water partition coefficient (Wildman–Crippen LogP) is 1.96. The van der Waals surface area contributed by atoms with Gasteiger partial charge in [-0.2, -0.15) is 0 Å². The van der Waals surface area contributed by atoms with Crippen molar-refractivity contribution in [3.63, 3.8) is 0 Å². The number of anilines is 1. The standard InChI is InChI=1S/C18H29N3O3S/c1-14-5-3-4-6-16(14)20-25(22,23)15-7-8-18(24-2)17(13-15)21-11-9-19-10-12-21/h7-8,13-14,16,19-20H,3-6,9-12H2,1-2H3. The Labute approximate surface area is 151 Å². The summed E-state index contributed by atoms with van der Waals surface area (Å²) in [6, 6.07) is 5.18. The minimum Gasteiger partial charge on any atom is -0.495 e. The van der Waals surface area contributed by atoms with Crippen molar-refractivity contribution in [2.75, 3.05) is 38.2 Å². The molecule has 1 heterocycles. The van der Waals surface area contributed by atoms with Gasteiger partial charge in [0.2, 0.25) is 10.0 Å². The summed E-state index contributed by atoms with van der Waals surface area (Å²) in [5.74, 6) is 1.10. The molecule has 0 aromatic heterocycles. The van der Waals surface area contributed by atoms with Crippen molar-refractivity contribution in [1.29, 1.82) is 0 Å². The van der Waals surface area contributed by atoms with Crippen molar-refractivity contribution in [2.45, 2.75) is 43.5 Å². The van der Waals surface area contributed by atoms with E-state index in [-0.39, 0.29) is 6.04 Å². The average Bonchev–Trinajstić information content (AvgIpc) is 2.63. The van der Waals surface area contributed by atoms with E-state index in [1.165, 1.54) is 6.42 Å². The summed E-state index contributed by atoms with van der Waals surface area (Å²) in [6.45, 7) is 5.59. The highest BCUT2D eigenvalue weighted by Crippen LogP contribution is 2.32. The lowest BCUT2D eigenvalue weighted by molar-refractivity contribution is 0.310. The number of ether oxygens (including phenoxy) is 1. The van der Waals surface area contributed by atoms with E-state index in [9.17, 15) is 8.42 Å².